The third-order valence-electron chi connectivity index (χ3n) is 6.11. The van der Waals surface area contributed by atoms with Crippen LogP contribution in [0.1, 0.15) is 42.4 Å². The van der Waals surface area contributed by atoms with E-state index < -0.39 is 22.8 Å². The Labute approximate surface area is 168 Å². The number of rotatable bonds is 5. The standard InChI is InChI=1S/C22H25F3N4/c23-22(24,25)18-12-17(13-19(26)14-18)21(10-11-28-29-21)20(8-4-5-9-20)27-15-16-6-2-1-3-7-16/h1-3,6-7,10-14,27-29H,4-5,8-9,15,26H2/t21-/m0/s1. The summed E-state index contributed by atoms with van der Waals surface area (Å²) in [6.07, 6.45) is 2.92. The Kier molecular flexibility index (Phi) is 5.04. The van der Waals surface area contributed by atoms with Crippen molar-refractivity contribution < 1.29 is 13.2 Å². The predicted molar refractivity (Wildman–Crippen MR) is 107 cm³/mol. The van der Waals surface area contributed by atoms with Crippen LogP contribution in [-0.2, 0) is 18.3 Å². The number of benzene rings is 2. The highest BCUT2D eigenvalue weighted by Crippen LogP contribution is 2.47. The third kappa shape index (κ3) is 3.60. The maximum Gasteiger partial charge on any atom is 0.416 e. The van der Waals surface area contributed by atoms with E-state index in [4.69, 9.17) is 5.73 Å². The lowest BCUT2D eigenvalue weighted by atomic mass is 9.70. The van der Waals surface area contributed by atoms with Crippen molar-refractivity contribution in [2.24, 2.45) is 0 Å². The first-order chi connectivity index (χ1) is 13.8. The smallest absolute Gasteiger partial charge is 0.399 e. The Morgan fingerprint density at radius 2 is 1.76 bits per heavy atom. The fourth-order valence-electron chi connectivity index (χ4n) is 4.69. The Morgan fingerprint density at radius 1 is 1.03 bits per heavy atom. The van der Waals surface area contributed by atoms with Gasteiger partial charge in [-0.3, -0.25) is 0 Å². The van der Waals surface area contributed by atoms with Gasteiger partial charge in [-0.05, 0) is 48.2 Å². The van der Waals surface area contributed by atoms with Crippen molar-refractivity contribution in [3.63, 3.8) is 0 Å². The molecule has 1 heterocycles. The minimum Gasteiger partial charge on any atom is -0.399 e. The normalized spacial score (nSPS) is 23.3. The van der Waals surface area contributed by atoms with Crippen molar-refractivity contribution in [1.82, 2.24) is 16.2 Å². The zero-order chi connectivity index (χ0) is 20.5. The van der Waals surface area contributed by atoms with Gasteiger partial charge in [-0.15, -0.1) is 0 Å². The van der Waals surface area contributed by atoms with E-state index in [1.54, 1.807) is 12.3 Å². The molecule has 0 aromatic heterocycles. The summed E-state index contributed by atoms with van der Waals surface area (Å²) >= 11 is 0. The quantitative estimate of drug-likeness (QED) is 0.566. The minimum absolute atomic E-state index is 0.104. The van der Waals surface area contributed by atoms with E-state index in [-0.39, 0.29) is 5.69 Å². The number of hydrogen-bond acceptors (Lipinski definition) is 4. The summed E-state index contributed by atoms with van der Waals surface area (Å²) in [5, 5.41) is 3.69. The van der Waals surface area contributed by atoms with E-state index in [0.29, 0.717) is 12.1 Å². The molecule has 154 valence electrons. The van der Waals surface area contributed by atoms with Crippen molar-refractivity contribution in [3.05, 3.63) is 77.5 Å². The van der Waals surface area contributed by atoms with E-state index in [1.165, 1.54) is 6.07 Å². The molecule has 0 saturated heterocycles. The largest absolute Gasteiger partial charge is 0.416 e. The Hall–Kier alpha value is -2.51. The molecule has 4 rings (SSSR count). The van der Waals surface area contributed by atoms with E-state index in [9.17, 15) is 13.2 Å². The molecule has 0 amide bonds. The van der Waals surface area contributed by atoms with Gasteiger partial charge in [0.1, 0.15) is 0 Å². The topological polar surface area (TPSA) is 62.1 Å². The summed E-state index contributed by atoms with van der Waals surface area (Å²) in [6, 6.07) is 13.9. The van der Waals surface area contributed by atoms with Crippen LogP contribution in [0.15, 0.2) is 60.8 Å². The van der Waals surface area contributed by atoms with Gasteiger partial charge in [0.25, 0.3) is 0 Å². The van der Waals surface area contributed by atoms with Crippen LogP contribution in [0.2, 0.25) is 0 Å². The van der Waals surface area contributed by atoms with Gasteiger partial charge in [-0.25, -0.2) is 5.43 Å². The molecule has 0 bridgehead atoms. The van der Waals surface area contributed by atoms with Gasteiger partial charge in [0, 0.05) is 24.0 Å². The lowest BCUT2D eigenvalue weighted by molar-refractivity contribution is -0.137. The number of hydrazine groups is 1. The van der Waals surface area contributed by atoms with Gasteiger partial charge >= 0.3 is 6.18 Å². The summed E-state index contributed by atoms with van der Waals surface area (Å²) < 4.78 is 40.4. The lowest BCUT2D eigenvalue weighted by Gasteiger charge is -2.47. The number of nitrogens with one attached hydrogen (secondary N) is 3. The molecule has 0 spiro atoms. The molecule has 1 fully saturated rings. The van der Waals surface area contributed by atoms with Crippen LogP contribution in [0.5, 0.6) is 0 Å². The Bertz CT molecular complexity index is 889. The molecular formula is C22H25F3N4. The number of nitrogen functional groups attached to an aromatic ring is 1. The number of nitrogens with two attached hydrogens (primary N) is 1. The van der Waals surface area contributed by atoms with Crippen LogP contribution in [-0.4, -0.2) is 5.54 Å². The first-order valence-corrected chi connectivity index (χ1v) is 9.82. The van der Waals surface area contributed by atoms with Gasteiger partial charge in [0.2, 0.25) is 0 Å². The van der Waals surface area contributed by atoms with Gasteiger partial charge < -0.3 is 16.5 Å². The van der Waals surface area contributed by atoms with E-state index >= 15 is 0 Å². The van der Waals surface area contributed by atoms with E-state index in [1.807, 2.05) is 36.4 Å². The molecule has 7 heteroatoms. The summed E-state index contributed by atoms with van der Waals surface area (Å²) in [4.78, 5) is 0. The van der Waals surface area contributed by atoms with Crippen LogP contribution in [0, 0.1) is 0 Å². The molecular weight excluding hydrogens is 377 g/mol. The highest BCUT2D eigenvalue weighted by molar-refractivity contribution is 5.51. The van der Waals surface area contributed by atoms with E-state index in [2.05, 4.69) is 16.2 Å². The molecule has 0 unspecified atom stereocenters. The predicted octanol–water partition coefficient (Wildman–Crippen LogP) is 4.21. The van der Waals surface area contributed by atoms with Gasteiger partial charge in [0.05, 0.1) is 11.1 Å². The molecule has 4 nitrogen and oxygen atoms in total. The summed E-state index contributed by atoms with van der Waals surface area (Å²) in [5.41, 5.74) is 11.9. The molecule has 29 heavy (non-hydrogen) atoms. The van der Waals surface area contributed by atoms with Crippen molar-refractivity contribution in [2.75, 3.05) is 5.73 Å². The first kappa shape index (κ1) is 19.8. The van der Waals surface area contributed by atoms with E-state index in [0.717, 1.165) is 37.3 Å². The number of hydrogen-bond donors (Lipinski definition) is 4. The average molecular weight is 402 g/mol. The Morgan fingerprint density at radius 3 is 2.38 bits per heavy atom. The summed E-state index contributed by atoms with van der Waals surface area (Å²) in [5.74, 6) is 0. The number of alkyl halides is 3. The maximum atomic E-state index is 13.5. The minimum atomic E-state index is -4.46. The van der Waals surface area contributed by atoms with Gasteiger partial charge in [-0.2, -0.15) is 13.2 Å². The SMILES string of the molecule is Nc1cc(C(F)(F)F)cc([C@]2(C3(NCc4ccccc4)CCCC3)C=CNN2)c1. The molecule has 1 saturated carbocycles. The molecule has 1 aliphatic heterocycles. The van der Waals surface area contributed by atoms with Crippen LogP contribution in [0.25, 0.3) is 0 Å². The second-order valence-electron chi connectivity index (χ2n) is 7.88. The lowest BCUT2D eigenvalue weighted by Crippen LogP contribution is -2.64. The van der Waals surface area contributed by atoms with Crippen LogP contribution < -0.4 is 21.9 Å². The first-order valence-electron chi connectivity index (χ1n) is 9.82. The molecule has 1 aliphatic carbocycles. The number of halogens is 3. The van der Waals surface area contributed by atoms with Gasteiger partial charge in [-0.1, -0.05) is 43.2 Å². The maximum absolute atomic E-state index is 13.5. The molecule has 1 atom stereocenters. The highest BCUT2D eigenvalue weighted by Gasteiger charge is 2.54. The van der Waals surface area contributed by atoms with Crippen molar-refractivity contribution in [1.29, 1.82) is 0 Å². The van der Waals surface area contributed by atoms with Gasteiger partial charge in [0.15, 0.2) is 0 Å². The monoisotopic (exact) mass is 402 g/mol. The summed E-state index contributed by atoms with van der Waals surface area (Å²) in [7, 11) is 0. The van der Waals surface area contributed by atoms with Crippen LogP contribution in [0.4, 0.5) is 18.9 Å². The molecule has 2 aromatic carbocycles. The Balaban J connectivity index is 1.77. The van der Waals surface area contributed by atoms with Crippen molar-refractivity contribution in [3.8, 4) is 0 Å². The van der Waals surface area contributed by atoms with Crippen molar-refractivity contribution in [2.45, 2.75) is 49.5 Å². The third-order valence-corrected chi connectivity index (χ3v) is 6.11. The second-order valence-corrected chi connectivity index (χ2v) is 7.88. The fraction of sp³-hybridized carbons (Fsp3) is 0.364. The summed E-state index contributed by atoms with van der Waals surface area (Å²) in [6.45, 7) is 0.632. The molecule has 2 aromatic rings. The molecule has 2 aliphatic rings. The average Bonchev–Trinajstić information content (AvgIpc) is 3.37. The fourth-order valence-corrected chi connectivity index (χ4v) is 4.69. The second kappa shape index (κ2) is 7.39. The molecule has 5 N–H and O–H groups in total. The van der Waals surface area contributed by atoms with Crippen molar-refractivity contribution >= 4 is 5.69 Å². The van der Waals surface area contributed by atoms with Crippen LogP contribution >= 0.6 is 0 Å². The highest BCUT2D eigenvalue weighted by atomic mass is 19.4. The number of anilines is 1. The zero-order valence-electron chi connectivity index (χ0n) is 16.0. The molecule has 0 radical (unpaired) electrons. The zero-order valence-corrected chi connectivity index (χ0v) is 16.0. The van der Waals surface area contributed by atoms with Crippen LogP contribution in [0.3, 0.4) is 0 Å².